The van der Waals surface area contributed by atoms with Crippen molar-refractivity contribution in [3.63, 3.8) is 0 Å². The molecule has 0 fully saturated rings. The first-order chi connectivity index (χ1) is 7.78. The second-order valence-corrected chi connectivity index (χ2v) is 4.11. The minimum Gasteiger partial charge on any atom is -0.456 e. The van der Waals surface area contributed by atoms with E-state index >= 15 is 0 Å². The van der Waals surface area contributed by atoms with Crippen LogP contribution < -0.4 is 10.5 Å². The number of rotatable bonds is 3. The Hall–Kier alpha value is -1.68. The molecule has 2 rings (SSSR count). The van der Waals surface area contributed by atoms with Gasteiger partial charge in [0, 0.05) is 11.0 Å². The molecule has 0 aliphatic rings. The summed E-state index contributed by atoms with van der Waals surface area (Å²) in [5.41, 5.74) is 6.21. The van der Waals surface area contributed by atoms with Crippen LogP contribution >= 0.6 is 11.8 Å². The van der Waals surface area contributed by atoms with Gasteiger partial charge in [0.05, 0.1) is 18.1 Å². The van der Waals surface area contributed by atoms with Crippen LogP contribution in [0.3, 0.4) is 0 Å². The Balaban J connectivity index is 2.14. The van der Waals surface area contributed by atoms with E-state index in [1.165, 1.54) is 4.90 Å². The Morgan fingerprint density at radius 2 is 1.88 bits per heavy atom. The van der Waals surface area contributed by atoms with Gasteiger partial charge in [0.15, 0.2) is 0 Å². The summed E-state index contributed by atoms with van der Waals surface area (Å²) in [6.07, 6.45) is 5.26. The van der Waals surface area contributed by atoms with Crippen LogP contribution in [0.4, 0.5) is 5.69 Å². The summed E-state index contributed by atoms with van der Waals surface area (Å²) in [7, 11) is 0. The van der Waals surface area contributed by atoms with E-state index in [-0.39, 0.29) is 0 Å². The Labute approximate surface area is 98.6 Å². The largest absolute Gasteiger partial charge is 0.456 e. The first kappa shape index (κ1) is 10.8. The standard InChI is InChI=1S/C12H12N2OS/c1-16-12-4-2-10(3-5-12)15-11-6-9(13)7-14-8-11/h2-8H,13H2,1H3. The van der Waals surface area contributed by atoms with Crippen molar-refractivity contribution in [1.29, 1.82) is 0 Å². The van der Waals surface area contributed by atoms with Crippen molar-refractivity contribution in [3.8, 4) is 11.5 Å². The Morgan fingerprint density at radius 1 is 1.12 bits per heavy atom. The van der Waals surface area contributed by atoms with Gasteiger partial charge in [-0.05, 0) is 30.5 Å². The molecule has 0 saturated heterocycles. The van der Waals surface area contributed by atoms with Crippen molar-refractivity contribution >= 4 is 17.4 Å². The van der Waals surface area contributed by atoms with E-state index in [1.54, 1.807) is 30.2 Å². The molecule has 4 heteroatoms. The van der Waals surface area contributed by atoms with Crippen LogP contribution in [0.5, 0.6) is 11.5 Å². The van der Waals surface area contributed by atoms with E-state index in [1.807, 2.05) is 30.5 Å². The molecular weight excluding hydrogens is 220 g/mol. The number of hydrogen-bond donors (Lipinski definition) is 1. The van der Waals surface area contributed by atoms with E-state index in [0.717, 1.165) is 5.75 Å². The molecule has 2 N–H and O–H groups in total. The SMILES string of the molecule is CSc1ccc(Oc2cncc(N)c2)cc1. The summed E-state index contributed by atoms with van der Waals surface area (Å²) in [4.78, 5) is 5.17. The van der Waals surface area contributed by atoms with Gasteiger partial charge in [-0.3, -0.25) is 4.98 Å². The van der Waals surface area contributed by atoms with Gasteiger partial charge in [-0.2, -0.15) is 0 Å². The van der Waals surface area contributed by atoms with Gasteiger partial charge >= 0.3 is 0 Å². The summed E-state index contributed by atoms with van der Waals surface area (Å²) in [5, 5.41) is 0. The normalized spacial score (nSPS) is 10.1. The lowest BCUT2D eigenvalue weighted by Gasteiger charge is -2.06. The molecule has 3 nitrogen and oxygen atoms in total. The van der Waals surface area contributed by atoms with Crippen LogP contribution in [0, 0.1) is 0 Å². The predicted molar refractivity (Wildman–Crippen MR) is 66.9 cm³/mol. The highest BCUT2D eigenvalue weighted by Gasteiger charge is 1.98. The first-order valence-corrected chi connectivity index (χ1v) is 6.03. The minimum atomic E-state index is 0.596. The quantitative estimate of drug-likeness (QED) is 0.826. The van der Waals surface area contributed by atoms with Crippen LogP contribution in [-0.2, 0) is 0 Å². The van der Waals surface area contributed by atoms with Crippen LogP contribution in [0.15, 0.2) is 47.6 Å². The number of thioether (sulfide) groups is 1. The maximum atomic E-state index is 5.61. The smallest absolute Gasteiger partial charge is 0.147 e. The second-order valence-electron chi connectivity index (χ2n) is 3.23. The number of anilines is 1. The van der Waals surface area contributed by atoms with Gasteiger partial charge in [-0.15, -0.1) is 11.8 Å². The van der Waals surface area contributed by atoms with Gasteiger partial charge in [0.2, 0.25) is 0 Å². The molecule has 16 heavy (non-hydrogen) atoms. The number of hydrogen-bond acceptors (Lipinski definition) is 4. The zero-order valence-corrected chi connectivity index (χ0v) is 9.70. The molecule has 0 bridgehead atoms. The third-order valence-electron chi connectivity index (χ3n) is 2.03. The second kappa shape index (κ2) is 4.90. The molecule has 1 heterocycles. The molecule has 1 aromatic carbocycles. The molecule has 0 amide bonds. The molecule has 0 unspecified atom stereocenters. The third kappa shape index (κ3) is 2.67. The number of nitrogens with two attached hydrogens (primary N) is 1. The van der Waals surface area contributed by atoms with Crippen LogP contribution in [-0.4, -0.2) is 11.2 Å². The topological polar surface area (TPSA) is 48.1 Å². The van der Waals surface area contributed by atoms with Crippen molar-refractivity contribution in [3.05, 3.63) is 42.7 Å². The molecule has 82 valence electrons. The average molecular weight is 232 g/mol. The van der Waals surface area contributed by atoms with Crippen molar-refractivity contribution in [2.24, 2.45) is 0 Å². The predicted octanol–water partition coefficient (Wildman–Crippen LogP) is 3.18. The molecule has 2 aromatic rings. The highest BCUT2D eigenvalue weighted by molar-refractivity contribution is 7.98. The maximum Gasteiger partial charge on any atom is 0.147 e. The van der Waals surface area contributed by atoms with Gasteiger partial charge in [-0.25, -0.2) is 0 Å². The van der Waals surface area contributed by atoms with Gasteiger partial charge in [-0.1, -0.05) is 0 Å². The van der Waals surface area contributed by atoms with Crippen LogP contribution in [0.1, 0.15) is 0 Å². The van der Waals surface area contributed by atoms with Crippen molar-refractivity contribution < 1.29 is 4.74 Å². The molecule has 0 atom stereocenters. The molecule has 0 aliphatic heterocycles. The Bertz CT molecular complexity index is 471. The van der Waals surface area contributed by atoms with Gasteiger partial charge in [0.1, 0.15) is 11.5 Å². The minimum absolute atomic E-state index is 0.596. The number of nitrogen functional groups attached to an aromatic ring is 1. The number of pyridine rings is 1. The maximum absolute atomic E-state index is 5.61. The fourth-order valence-corrected chi connectivity index (χ4v) is 1.68. The highest BCUT2D eigenvalue weighted by atomic mass is 32.2. The van der Waals surface area contributed by atoms with Crippen LogP contribution in [0.25, 0.3) is 0 Å². The van der Waals surface area contributed by atoms with Crippen molar-refractivity contribution in [2.75, 3.05) is 12.0 Å². The summed E-state index contributed by atoms with van der Waals surface area (Å²) in [6.45, 7) is 0. The number of ether oxygens (including phenoxy) is 1. The molecular formula is C12H12N2OS. The van der Waals surface area contributed by atoms with E-state index in [4.69, 9.17) is 10.5 Å². The van der Waals surface area contributed by atoms with Gasteiger partial charge in [0.25, 0.3) is 0 Å². The van der Waals surface area contributed by atoms with E-state index < -0.39 is 0 Å². The lowest BCUT2D eigenvalue weighted by Crippen LogP contribution is -1.89. The highest BCUT2D eigenvalue weighted by Crippen LogP contribution is 2.24. The van der Waals surface area contributed by atoms with Crippen molar-refractivity contribution in [1.82, 2.24) is 4.98 Å². The molecule has 0 radical (unpaired) electrons. The van der Waals surface area contributed by atoms with E-state index in [9.17, 15) is 0 Å². The Kier molecular flexibility index (Phi) is 3.31. The van der Waals surface area contributed by atoms with Crippen molar-refractivity contribution in [2.45, 2.75) is 4.90 Å². The lowest BCUT2D eigenvalue weighted by atomic mass is 10.3. The first-order valence-electron chi connectivity index (χ1n) is 4.80. The van der Waals surface area contributed by atoms with E-state index in [2.05, 4.69) is 4.98 Å². The zero-order chi connectivity index (χ0) is 11.4. The van der Waals surface area contributed by atoms with E-state index in [0.29, 0.717) is 11.4 Å². The molecule has 0 spiro atoms. The molecule has 0 saturated carbocycles. The molecule has 1 aromatic heterocycles. The molecule has 0 aliphatic carbocycles. The van der Waals surface area contributed by atoms with Gasteiger partial charge < -0.3 is 10.5 Å². The monoisotopic (exact) mass is 232 g/mol. The van der Waals surface area contributed by atoms with Crippen LogP contribution in [0.2, 0.25) is 0 Å². The Morgan fingerprint density at radius 3 is 2.50 bits per heavy atom. The zero-order valence-electron chi connectivity index (χ0n) is 8.88. The number of nitrogens with zero attached hydrogens (tertiary/aromatic N) is 1. The fraction of sp³-hybridized carbons (Fsp3) is 0.0833. The fourth-order valence-electron chi connectivity index (χ4n) is 1.27. The summed E-state index contributed by atoms with van der Waals surface area (Å²) in [6, 6.07) is 9.62. The summed E-state index contributed by atoms with van der Waals surface area (Å²) >= 11 is 1.70. The number of benzene rings is 1. The lowest BCUT2D eigenvalue weighted by molar-refractivity contribution is 0.480. The third-order valence-corrected chi connectivity index (χ3v) is 2.77. The number of aromatic nitrogens is 1. The summed E-state index contributed by atoms with van der Waals surface area (Å²) < 4.78 is 5.61. The average Bonchev–Trinajstić information content (AvgIpc) is 2.30. The summed E-state index contributed by atoms with van der Waals surface area (Å²) in [5.74, 6) is 1.43.